The number of amides is 1. The molecule has 2 aromatic rings. The molecule has 1 saturated heterocycles. The van der Waals surface area contributed by atoms with Crippen LogP contribution in [0.25, 0.3) is 0 Å². The van der Waals surface area contributed by atoms with Crippen LogP contribution in [-0.4, -0.2) is 29.5 Å². The highest BCUT2D eigenvalue weighted by molar-refractivity contribution is 7.07. The molecule has 1 aliphatic rings. The summed E-state index contributed by atoms with van der Waals surface area (Å²) in [5.74, 6) is 0.685. The van der Waals surface area contributed by atoms with Crippen LogP contribution >= 0.6 is 11.3 Å². The summed E-state index contributed by atoms with van der Waals surface area (Å²) in [4.78, 5) is 16.4. The summed E-state index contributed by atoms with van der Waals surface area (Å²) in [7, 11) is 0. The molecule has 0 unspecified atom stereocenters. The molecule has 1 amide bonds. The molecule has 0 aliphatic carbocycles. The Morgan fingerprint density at radius 2 is 2.26 bits per heavy atom. The summed E-state index contributed by atoms with van der Waals surface area (Å²) < 4.78 is 5.64. The number of carbonyl (C=O) groups is 1. The van der Waals surface area contributed by atoms with E-state index in [0.29, 0.717) is 18.7 Å². The van der Waals surface area contributed by atoms with Crippen LogP contribution in [0.15, 0.2) is 35.2 Å². The van der Waals surface area contributed by atoms with Gasteiger partial charge in [-0.3, -0.25) is 4.79 Å². The molecule has 1 aromatic heterocycles. The van der Waals surface area contributed by atoms with Gasteiger partial charge in [0.2, 0.25) is 0 Å². The second-order valence-corrected chi connectivity index (χ2v) is 6.79. The maximum Gasteiger partial charge on any atom is 0.251 e. The first kappa shape index (κ1) is 16.0. The third kappa shape index (κ3) is 4.30. The minimum absolute atomic E-state index is 0.0201. The Labute approximate surface area is 140 Å². The van der Waals surface area contributed by atoms with Gasteiger partial charge in [0.1, 0.15) is 12.4 Å². The molecule has 0 radical (unpaired) electrons. The maximum atomic E-state index is 12.2. The molecular weight excluding hydrogens is 310 g/mol. The van der Waals surface area contributed by atoms with Crippen LogP contribution in [0.4, 0.5) is 0 Å². The van der Waals surface area contributed by atoms with Crippen LogP contribution in [0.5, 0.6) is 5.75 Å². The zero-order valence-electron chi connectivity index (χ0n) is 13.2. The first-order valence-electron chi connectivity index (χ1n) is 7.78. The summed E-state index contributed by atoms with van der Waals surface area (Å²) in [6, 6.07) is 7.21. The molecule has 1 aromatic carbocycles. The molecule has 2 N–H and O–H groups in total. The van der Waals surface area contributed by atoms with Gasteiger partial charge in [-0.15, -0.1) is 11.3 Å². The Morgan fingerprint density at radius 3 is 2.91 bits per heavy atom. The van der Waals surface area contributed by atoms with Gasteiger partial charge in [0.25, 0.3) is 5.91 Å². The van der Waals surface area contributed by atoms with Gasteiger partial charge in [-0.25, -0.2) is 4.98 Å². The maximum absolute atomic E-state index is 12.2. The fourth-order valence-electron chi connectivity index (χ4n) is 2.65. The Bertz CT molecular complexity index is 634. The molecule has 0 spiro atoms. The molecular formula is C17H21N3O2S. The van der Waals surface area contributed by atoms with Crippen molar-refractivity contribution in [3.8, 4) is 5.75 Å². The highest BCUT2D eigenvalue weighted by Crippen LogP contribution is 2.18. The van der Waals surface area contributed by atoms with Crippen LogP contribution in [-0.2, 0) is 6.61 Å². The number of nitrogens with zero attached hydrogens (tertiary/aromatic N) is 1. The van der Waals surface area contributed by atoms with Crippen molar-refractivity contribution >= 4 is 17.2 Å². The zero-order valence-corrected chi connectivity index (χ0v) is 14.0. The third-order valence-electron chi connectivity index (χ3n) is 4.08. The fraction of sp³-hybridized carbons (Fsp3) is 0.412. The standard InChI is InChI=1S/C17H21N3O2S/c1-17(7-2-8-20-17)11-18-16(21)13-3-5-15(6-4-13)22-9-14-10-23-12-19-14/h3-6,10,12,20H,2,7-9,11H2,1H3,(H,18,21)/t17-/m0/s1. The lowest BCUT2D eigenvalue weighted by atomic mass is 10.0. The van der Waals surface area contributed by atoms with Crippen molar-refractivity contribution in [3.63, 3.8) is 0 Å². The summed E-state index contributed by atoms with van der Waals surface area (Å²) in [6.45, 7) is 4.26. The largest absolute Gasteiger partial charge is 0.487 e. The first-order valence-corrected chi connectivity index (χ1v) is 8.72. The summed E-state index contributed by atoms with van der Waals surface area (Å²) in [5, 5.41) is 8.40. The fourth-order valence-corrected chi connectivity index (χ4v) is 3.20. The highest BCUT2D eigenvalue weighted by Gasteiger charge is 2.28. The summed E-state index contributed by atoms with van der Waals surface area (Å²) in [6.07, 6.45) is 2.26. The topological polar surface area (TPSA) is 63.2 Å². The van der Waals surface area contributed by atoms with E-state index in [2.05, 4.69) is 22.5 Å². The number of benzene rings is 1. The zero-order chi connectivity index (χ0) is 16.1. The Kier molecular flexibility index (Phi) is 4.93. The second kappa shape index (κ2) is 7.10. The summed E-state index contributed by atoms with van der Waals surface area (Å²) >= 11 is 1.55. The molecule has 3 rings (SSSR count). The van der Waals surface area contributed by atoms with Crippen molar-refractivity contribution in [2.24, 2.45) is 0 Å². The molecule has 122 valence electrons. The predicted molar refractivity (Wildman–Crippen MR) is 90.9 cm³/mol. The van der Waals surface area contributed by atoms with Crippen molar-refractivity contribution in [2.45, 2.75) is 31.9 Å². The molecule has 1 atom stereocenters. The van der Waals surface area contributed by atoms with E-state index in [1.54, 1.807) is 29.0 Å². The van der Waals surface area contributed by atoms with Gasteiger partial charge < -0.3 is 15.4 Å². The summed E-state index contributed by atoms with van der Waals surface area (Å²) in [5.41, 5.74) is 3.36. The predicted octanol–water partition coefficient (Wildman–Crippen LogP) is 2.59. The number of carbonyl (C=O) groups excluding carboxylic acids is 1. The lowest BCUT2D eigenvalue weighted by Gasteiger charge is -2.24. The highest BCUT2D eigenvalue weighted by atomic mass is 32.1. The van der Waals surface area contributed by atoms with Crippen LogP contribution in [0, 0.1) is 0 Å². The second-order valence-electron chi connectivity index (χ2n) is 6.07. The molecule has 23 heavy (non-hydrogen) atoms. The van der Waals surface area contributed by atoms with E-state index in [9.17, 15) is 4.79 Å². The van der Waals surface area contributed by atoms with Crippen LogP contribution < -0.4 is 15.4 Å². The molecule has 6 heteroatoms. The van der Waals surface area contributed by atoms with Gasteiger partial charge in [-0.1, -0.05) is 0 Å². The van der Waals surface area contributed by atoms with E-state index < -0.39 is 0 Å². The third-order valence-corrected chi connectivity index (χ3v) is 4.72. The number of nitrogens with one attached hydrogen (secondary N) is 2. The SMILES string of the molecule is C[C@@]1(CNC(=O)c2ccc(OCc3cscn3)cc2)CCCN1. The van der Waals surface area contributed by atoms with E-state index in [-0.39, 0.29) is 11.4 Å². The lowest BCUT2D eigenvalue weighted by Crippen LogP contribution is -2.47. The van der Waals surface area contributed by atoms with E-state index in [1.165, 1.54) is 0 Å². The van der Waals surface area contributed by atoms with Crippen LogP contribution in [0.1, 0.15) is 35.8 Å². The molecule has 1 fully saturated rings. The van der Waals surface area contributed by atoms with Gasteiger partial charge >= 0.3 is 0 Å². The minimum atomic E-state index is -0.0500. The number of hydrogen-bond donors (Lipinski definition) is 2. The van der Waals surface area contributed by atoms with Gasteiger partial charge in [0.15, 0.2) is 0 Å². The number of hydrogen-bond acceptors (Lipinski definition) is 5. The average molecular weight is 331 g/mol. The van der Waals surface area contributed by atoms with Crippen LogP contribution in [0.2, 0.25) is 0 Å². The number of rotatable bonds is 6. The van der Waals surface area contributed by atoms with Gasteiger partial charge in [-0.05, 0) is 50.6 Å². The average Bonchev–Trinajstić information content (AvgIpc) is 3.23. The quantitative estimate of drug-likeness (QED) is 0.854. The Hall–Kier alpha value is -1.92. The number of ether oxygens (including phenoxy) is 1. The molecule has 5 nitrogen and oxygen atoms in total. The molecule has 0 saturated carbocycles. The first-order chi connectivity index (χ1) is 11.1. The van der Waals surface area contributed by atoms with Gasteiger partial charge in [0.05, 0.1) is 11.2 Å². The lowest BCUT2D eigenvalue weighted by molar-refractivity contribution is 0.0942. The van der Waals surface area contributed by atoms with Crippen LogP contribution in [0.3, 0.4) is 0 Å². The molecule has 0 bridgehead atoms. The van der Waals surface area contributed by atoms with E-state index in [1.807, 2.05) is 17.5 Å². The van der Waals surface area contributed by atoms with Crippen molar-refractivity contribution in [1.82, 2.24) is 15.6 Å². The Balaban J connectivity index is 1.50. The number of thiazole rings is 1. The molecule has 1 aliphatic heterocycles. The van der Waals surface area contributed by atoms with Crippen molar-refractivity contribution in [1.29, 1.82) is 0 Å². The number of aromatic nitrogens is 1. The van der Waals surface area contributed by atoms with Gasteiger partial charge in [0, 0.05) is 23.0 Å². The van der Waals surface area contributed by atoms with Crippen molar-refractivity contribution in [2.75, 3.05) is 13.1 Å². The van der Waals surface area contributed by atoms with E-state index >= 15 is 0 Å². The Morgan fingerprint density at radius 1 is 1.43 bits per heavy atom. The smallest absolute Gasteiger partial charge is 0.251 e. The molecule has 2 heterocycles. The minimum Gasteiger partial charge on any atom is -0.487 e. The van der Waals surface area contributed by atoms with Gasteiger partial charge in [-0.2, -0.15) is 0 Å². The normalized spacial score (nSPS) is 20.4. The van der Waals surface area contributed by atoms with Crippen molar-refractivity contribution in [3.05, 3.63) is 46.4 Å². The van der Waals surface area contributed by atoms with Crippen molar-refractivity contribution < 1.29 is 9.53 Å². The van der Waals surface area contributed by atoms with E-state index in [4.69, 9.17) is 4.74 Å². The van der Waals surface area contributed by atoms with E-state index in [0.717, 1.165) is 30.8 Å². The monoisotopic (exact) mass is 331 g/mol.